The molecule has 1 aliphatic rings. The van der Waals surface area contributed by atoms with E-state index in [0.29, 0.717) is 24.7 Å². The van der Waals surface area contributed by atoms with Gasteiger partial charge in [-0.25, -0.2) is 14.3 Å². The number of esters is 1. The number of hydrogen-bond donors (Lipinski definition) is 0. The van der Waals surface area contributed by atoms with E-state index >= 15 is 0 Å². The molecule has 3 heterocycles. The Balaban J connectivity index is 2.27. The maximum absolute atomic E-state index is 11.6. The summed E-state index contributed by atoms with van der Waals surface area (Å²) in [5, 5.41) is 4.16. The molecule has 2 aromatic heterocycles. The van der Waals surface area contributed by atoms with E-state index in [1.807, 2.05) is 11.9 Å². The van der Waals surface area contributed by atoms with Gasteiger partial charge in [-0.15, -0.1) is 0 Å². The van der Waals surface area contributed by atoms with Gasteiger partial charge in [0.1, 0.15) is 6.61 Å². The first-order valence-corrected chi connectivity index (χ1v) is 5.51. The molecule has 0 saturated heterocycles. The molecule has 2 aromatic rings. The normalized spacial score (nSPS) is 14.2. The molecule has 3 rings (SSSR count). The first-order valence-electron chi connectivity index (χ1n) is 5.51. The molecule has 0 unspecified atom stereocenters. The van der Waals surface area contributed by atoms with Gasteiger partial charge in [-0.05, 0) is 0 Å². The summed E-state index contributed by atoms with van der Waals surface area (Å²) in [5.41, 5.74) is 0.992. The van der Waals surface area contributed by atoms with Gasteiger partial charge in [0.2, 0.25) is 0 Å². The number of aromatic nitrogens is 3. The van der Waals surface area contributed by atoms with Crippen LogP contribution in [0.2, 0.25) is 0 Å². The van der Waals surface area contributed by atoms with Crippen molar-refractivity contribution >= 4 is 17.3 Å². The maximum atomic E-state index is 11.6. The monoisotopic (exact) mass is 248 g/mol. The summed E-state index contributed by atoms with van der Waals surface area (Å²) in [4.78, 5) is 17.8. The number of anilines is 1. The summed E-state index contributed by atoms with van der Waals surface area (Å²) >= 11 is 0. The molecular weight excluding hydrogens is 236 g/mol. The van der Waals surface area contributed by atoms with Crippen molar-refractivity contribution in [3.05, 3.63) is 18.1 Å². The predicted molar refractivity (Wildman–Crippen MR) is 63.1 cm³/mol. The van der Waals surface area contributed by atoms with Crippen molar-refractivity contribution in [2.45, 2.75) is 0 Å². The van der Waals surface area contributed by atoms with Gasteiger partial charge in [0.15, 0.2) is 22.8 Å². The average Bonchev–Trinajstić information content (AvgIpc) is 2.72. The lowest BCUT2D eigenvalue weighted by atomic mass is 10.3. The van der Waals surface area contributed by atoms with Crippen molar-refractivity contribution < 1.29 is 14.3 Å². The first kappa shape index (κ1) is 10.8. The zero-order valence-corrected chi connectivity index (χ0v) is 10.1. The van der Waals surface area contributed by atoms with Gasteiger partial charge in [0.05, 0.1) is 26.0 Å². The molecule has 0 atom stereocenters. The number of likely N-dealkylation sites (N-methyl/N-ethyl adjacent to an activating group) is 1. The number of carbonyl (C=O) groups excluding carboxylic acids is 1. The van der Waals surface area contributed by atoms with Crippen LogP contribution < -0.4 is 9.64 Å². The van der Waals surface area contributed by atoms with Crippen molar-refractivity contribution in [1.82, 2.24) is 14.6 Å². The number of hydrogen-bond acceptors (Lipinski definition) is 6. The highest BCUT2D eigenvalue weighted by molar-refractivity contribution is 5.89. The van der Waals surface area contributed by atoms with Crippen LogP contribution in [-0.2, 0) is 4.74 Å². The Morgan fingerprint density at radius 3 is 3.17 bits per heavy atom. The van der Waals surface area contributed by atoms with Crippen LogP contribution in [0.1, 0.15) is 10.5 Å². The molecule has 0 N–H and O–H groups in total. The number of nitrogens with zero attached hydrogens (tertiary/aromatic N) is 4. The van der Waals surface area contributed by atoms with Gasteiger partial charge in [0, 0.05) is 7.05 Å². The highest BCUT2D eigenvalue weighted by atomic mass is 16.5. The Morgan fingerprint density at radius 1 is 1.56 bits per heavy atom. The number of ether oxygens (including phenoxy) is 2. The minimum atomic E-state index is -0.483. The first-order chi connectivity index (χ1) is 8.70. The Kier molecular flexibility index (Phi) is 2.32. The summed E-state index contributed by atoms with van der Waals surface area (Å²) in [6, 6.07) is 0. The van der Waals surface area contributed by atoms with Gasteiger partial charge in [0.25, 0.3) is 0 Å². The third-order valence-electron chi connectivity index (χ3n) is 2.88. The second-order valence-electron chi connectivity index (χ2n) is 4.01. The Bertz CT molecular complexity index is 622. The van der Waals surface area contributed by atoms with E-state index in [4.69, 9.17) is 4.74 Å². The van der Waals surface area contributed by atoms with E-state index in [2.05, 4.69) is 14.8 Å². The average molecular weight is 248 g/mol. The summed E-state index contributed by atoms with van der Waals surface area (Å²) in [7, 11) is 3.22. The van der Waals surface area contributed by atoms with Crippen LogP contribution in [0.5, 0.6) is 5.75 Å². The van der Waals surface area contributed by atoms with E-state index < -0.39 is 5.97 Å². The molecular formula is C11H12N4O3. The van der Waals surface area contributed by atoms with Crippen LogP contribution in [0.3, 0.4) is 0 Å². The van der Waals surface area contributed by atoms with E-state index in [0.717, 1.165) is 5.52 Å². The second kappa shape index (κ2) is 3.86. The fraction of sp³-hybridized carbons (Fsp3) is 0.364. The van der Waals surface area contributed by atoms with E-state index in [1.54, 1.807) is 10.7 Å². The lowest BCUT2D eigenvalue weighted by Crippen LogP contribution is -2.24. The van der Waals surface area contributed by atoms with Crippen LogP contribution in [0.25, 0.3) is 5.52 Å². The van der Waals surface area contributed by atoms with Crippen LogP contribution in [0.15, 0.2) is 12.4 Å². The molecule has 7 nitrogen and oxygen atoms in total. The summed E-state index contributed by atoms with van der Waals surface area (Å²) < 4.78 is 11.8. The molecule has 0 radical (unpaired) electrons. The molecule has 0 amide bonds. The number of carbonyl (C=O) groups is 1. The summed E-state index contributed by atoms with van der Waals surface area (Å²) in [5.74, 6) is 0.866. The molecule has 0 aromatic carbocycles. The van der Waals surface area contributed by atoms with Gasteiger partial charge in [-0.3, -0.25) is 0 Å². The Hall–Kier alpha value is -2.31. The van der Waals surface area contributed by atoms with Crippen molar-refractivity contribution in [2.75, 3.05) is 32.2 Å². The summed E-state index contributed by atoms with van der Waals surface area (Å²) in [6.07, 6.45) is 3.16. The fourth-order valence-corrected chi connectivity index (χ4v) is 1.94. The minimum Gasteiger partial charge on any atom is -0.488 e. The van der Waals surface area contributed by atoms with Crippen molar-refractivity contribution in [1.29, 1.82) is 0 Å². The quantitative estimate of drug-likeness (QED) is 0.678. The predicted octanol–water partition coefficient (Wildman–Crippen LogP) is 0.344. The molecule has 0 spiro atoms. The largest absolute Gasteiger partial charge is 0.488 e. The molecule has 0 saturated carbocycles. The molecule has 94 valence electrons. The lowest BCUT2D eigenvalue weighted by Gasteiger charge is -2.16. The molecule has 7 heteroatoms. The topological polar surface area (TPSA) is 69.0 Å². The zero-order valence-electron chi connectivity index (χ0n) is 10.1. The third kappa shape index (κ3) is 1.47. The van der Waals surface area contributed by atoms with Crippen molar-refractivity contribution in [3.63, 3.8) is 0 Å². The van der Waals surface area contributed by atoms with Crippen molar-refractivity contribution in [2.24, 2.45) is 0 Å². The zero-order chi connectivity index (χ0) is 12.7. The Labute approximate surface area is 103 Å². The standard InChI is InChI=1S/C11H12N4O3/c1-14-3-4-18-8-5-12-15-6-7(11(16)17-2)13-10(14)9(8)15/h5-6H,3-4H2,1-2H3. The highest BCUT2D eigenvalue weighted by Crippen LogP contribution is 2.30. The van der Waals surface area contributed by atoms with Crippen LogP contribution in [-0.4, -0.2) is 47.9 Å². The molecule has 18 heavy (non-hydrogen) atoms. The van der Waals surface area contributed by atoms with Crippen molar-refractivity contribution in [3.8, 4) is 5.75 Å². The van der Waals surface area contributed by atoms with E-state index in [-0.39, 0.29) is 5.69 Å². The third-order valence-corrected chi connectivity index (χ3v) is 2.88. The van der Waals surface area contributed by atoms with E-state index in [1.165, 1.54) is 13.3 Å². The van der Waals surface area contributed by atoms with Crippen LogP contribution >= 0.6 is 0 Å². The number of rotatable bonds is 1. The van der Waals surface area contributed by atoms with Crippen LogP contribution in [0, 0.1) is 0 Å². The van der Waals surface area contributed by atoms with Crippen LogP contribution in [0.4, 0.5) is 5.82 Å². The molecule has 0 aliphatic carbocycles. The smallest absolute Gasteiger partial charge is 0.358 e. The second-order valence-corrected chi connectivity index (χ2v) is 4.01. The Morgan fingerprint density at radius 2 is 2.39 bits per heavy atom. The minimum absolute atomic E-state index is 0.225. The van der Waals surface area contributed by atoms with Gasteiger partial charge >= 0.3 is 5.97 Å². The van der Waals surface area contributed by atoms with E-state index in [9.17, 15) is 4.79 Å². The van der Waals surface area contributed by atoms with Gasteiger partial charge in [-0.2, -0.15) is 5.10 Å². The fourth-order valence-electron chi connectivity index (χ4n) is 1.94. The lowest BCUT2D eigenvalue weighted by molar-refractivity contribution is 0.0593. The highest BCUT2D eigenvalue weighted by Gasteiger charge is 2.22. The maximum Gasteiger partial charge on any atom is 0.358 e. The summed E-state index contributed by atoms with van der Waals surface area (Å²) in [6.45, 7) is 1.25. The van der Waals surface area contributed by atoms with Gasteiger partial charge < -0.3 is 14.4 Å². The SMILES string of the molecule is COC(=O)c1cn2ncc3c2c(n1)N(C)CCO3. The molecule has 1 aliphatic heterocycles. The molecule has 0 fully saturated rings. The van der Waals surface area contributed by atoms with Gasteiger partial charge in [-0.1, -0.05) is 0 Å². The number of methoxy groups -OCH3 is 1. The molecule has 0 bridgehead atoms.